The molecule has 0 aliphatic heterocycles. The van der Waals surface area contributed by atoms with Crippen molar-refractivity contribution in [2.75, 3.05) is 11.1 Å². The highest BCUT2D eigenvalue weighted by molar-refractivity contribution is 5.61. The lowest BCUT2D eigenvalue weighted by molar-refractivity contribution is 1.06. The van der Waals surface area contributed by atoms with Gasteiger partial charge < -0.3 is 11.1 Å². The van der Waals surface area contributed by atoms with Crippen molar-refractivity contribution in [3.05, 3.63) is 47.4 Å². The van der Waals surface area contributed by atoms with Gasteiger partial charge in [-0.3, -0.25) is 4.98 Å². The lowest BCUT2D eigenvalue weighted by Crippen LogP contribution is -2.06. The van der Waals surface area contributed by atoms with Crippen molar-refractivity contribution in [1.29, 1.82) is 0 Å². The molecule has 2 aromatic heterocycles. The summed E-state index contributed by atoms with van der Waals surface area (Å²) in [6, 6.07) is 3.90. The fourth-order valence-corrected chi connectivity index (χ4v) is 1.60. The van der Waals surface area contributed by atoms with Gasteiger partial charge in [-0.25, -0.2) is 4.98 Å². The van der Waals surface area contributed by atoms with Crippen LogP contribution in [0.25, 0.3) is 0 Å². The fraction of sp³-hybridized carbons (Fsp3) is 0.231. The molecule has 0 bridgehead atoms. The minimum Gasteiger partial charge on any atom is -0.396 e. The van der Waals surface area contributed by atoms with Crippen LogP contribution in [0, 0.1) is 13.8 Å². The van der Waals surface area contributed by atoms with Gasteiger partial charge in [-0.15, -0.1) is 0 Å². The average molecular weight is 228 g/mol. The maximum Gasteiger partial charge on any atom is 0.149 e. The van der Waals surface area contributed by atoms with Gasteiger partial charge in [0.1, 0.15) is 5.82 Å². The van der Waals surface area contributed by atoms with Crippen LogP contribution in [0.2, 0.25) is 0 Å². The molecule has 0 saturated heterocycles. The van der Waals surface area contributed by atoms with Crippen LogP contribution >= 0.6 is 0 Å². The third-order valence-electron chi connectivity index (χ3n) is 2.65. The van der Waals surface area contributed by atoms with Crippen LogP contribution in [0.1, 0.15) is 16.7 Å². The molecule has 88 valence electrons. The molecule has 0 unspecified atom stereocenters. The number of rotatable bonds is 3. The Morgan fingerprint density at radius 3 is 2.82 bits per heavy atom. The number of hydrogen-bond donors (Lipinski definition) is 2. The van der Waals surface area contributed by atoms with Gasteiger partial charge in [0.25, 0.3) is 0 Å². The number of aromatic nitrogens is 2. The van der Waals surface area contributed by atoms with E-state index in [2.05, 4.69) is 22.2 Å². The number of nitrogens with two attached hydrogens (primary N) is 1. The minimum atomic E-state index is 0.673. The van der Waals surface area contributed by atoms with Gasteiger partial charge in [0.15, 0.2) is 0 Å². The van der Waals surface area contributed by atoms with Crippen molar-refractivity contribution in [2.45, 2.75) is 20.4 Å². The Labute approximate surface area is 101 Å². The van der Waals surface area contributed by atoms with E-state index >= 15 is 0 Å². The smallest absolute Gasteiger partial charge is 0.149 e. The number of nitrogens with zero attached hydrogens (tertiary/aromatic N) is 2. The second-order valence-corrected chi connectivity index (χ2v) is 4.11. The van der Waals surface area contributed by atoms with Crippen LogP contribution in [0.4, 0.5) is 11.5 Å². The predicted octanol–water partition coefficient (Wildman–Crippen LogP) is 2.29. The van der Waals surface area contributed by atoms with E-state index in [4.69, 9.17) is 5.73 Å². The van der Waals surface area contributed by atoms with E-state index in [1.54, 1.807) is 12.4 Å². The summed E-state index contributed by atoms with van der Waals surface area (Å²) in [7, 11) is 0. The summed E-state index contributed by atoms with van der Waals surface area (Å²) in [5.74, 6) is 0.721. The van der Waals surface area contributed by atoms with Crippen molar-refractivity contribution in [1.82, 2.24) is 9.97 Å². The topological polar surface area (TPSA) is 63.8 Å². The number of pyridine rings is 2. The molecule has 3 N–H and O–H groups in total. The van der Waals surface area contributed by atoms with Gasteiger partial charge in [-0.05, 0) is 42.7 Å². The average Bonchev–Trinajstić information content (AvgIpc) is 2.30. The molecule has 0 radical (unpaired) electrons. The first-order valence-corrected chi connectivity index (χ1v) is 5.52. The zero-order chi connectivity index (χ0) is 12.3. The molecule has 0 saturated carbocycles. The van der Waals surface area contributed by atoms with Crippen molar-refractivity contribution in [3.8, 4) is 0 Å². The van der Waals surface area contributed by atoms with Crippen LogP contribution < -0.4 is 11.1 Å². The molecule has 4 heteroatoms. The Balaban J connectivity index is 2.10. The number of anilines is 2. The lowest BCUT2D eigenvalue weighted by atomic mass is 10.1. The van der Waals surface area contributed by atoms with Crippen molar-refractivity contribution >= 4 is 11.5 Å². The van der Waals surface area contributed by atoms with Crippen molar-refractivity contribution in [2.24, 2.45) is 0 Å². The number of hydrogen-bond acceptors (Lipinski definition) is 4. The first kappa shape index (κ1) is 11.4. The first-order valence-electron chi connectivity index (χ1n) is 5.52. The molecule has 17 heavy (non-hydrogen) atoms. The highest BCUT2D eigenvalue weighted by Crippen LogP contribution is 2.17. The highest BCUT2D eigenvalue weighted by Gasteiger charge is 2.02. The molecule has 2 aromatic rings. The Morgan fingerprint density at radius 2 is 2.12 bits per heavy atom. The molecule has 4 nitrogen and oxygen atoms in total. The predicted molar refractivity (Wildman–Crippen MR) is 69.7 cm³/mol. The molecule has 0 amide bonds. The highest BCUT2D eigenvalue weighted by atomic mass is 15.0. The standard InChI is InChI=1S/C13H16N4/c1-9-5-12(14)13(16-6-9)17-8-11-7-15-4-3-10(11)2/h3-7H,8,14H2,1-2H3,(H,16,17). The molecule has 2 rings (SSSR count). The fourth-order valence-electron chi connectivity index (χ4n) is 1.60. The Morgan fingerprint density at radius 1 is 1.29 bits per heavy atom. The molecule has 2 heterocycles. The first-order chi connectivity index (χ1) is 8.16. The van der Waals surface area contributed by atoms with Gasteiger partial charge in [0, 0.05) is 25.1 Å². The van der Waals surface area contributed by atoms with Gasteiger partial charge in [-0.1, -0.05) is 0 Å². The van der Waals surface area contributed by atoms with E-state index in [0.717, 1.165) is 16.9 Å². The second-order valence-electron chi connectivity index (χ2n) is 4.11. The third-order valence-corrected chi connectivity index (χ3v) is 2.65. The van der Waals surface area contributed by atoms with Gasteiger partial charge in [0.2, 0.25) is 0 Å². The zero-order valence-corrected chi connectivity index (χ0v) is 10.1. The van der Waals surface area contributed by atoms with E-state index in [0.29, 0.717) is 12.2 Å². The van der Waals surface area contributed by atoms with E-state index in [1.165, 1.54) is 5.56 Å². The summed E-state index contributed by atoms with van der Waals surface area (Å²) in [6.45, 7) is 4.71. The molecule has 0 aliphatic rings. The summed E-state index contributed by atoms with van der Waals surface area (Å²) in [4.78, 5) is 8.37. The summed E-state index contributed by atoms with van der Waals surface area (Å²) >= 11 is 0. The van der Waals surface area contributed by atoms with Crippen LogP contribution in [-0.2, 0) is 6.54 Å². The quantitative estimate of drug-likeness (QED) is 0.846. The summed E-state index contributed by atoms with van der Waals surface area (Å²) < 4.78 is 0. The van der Waals surface area contributed by atoms with E-state index in [-0.39, 0.29) is 0 Å². The Bertz CT molecular complexity index is 523. The largest absolute Gasteiger partial charge is 0.396 e. The molecule has 0 aliphatic carbocycles. The van der Waals surface area contributed by atoms with E-state index < -0.39 is 0 Å². The van der Waals surface area contributed by atoms with Gasteiger partial charge in [0.05, 0.1) is 5.69 Å². The van der Waals surface area contributed by atoms with Crippen LogP contribution in [-0.4, -0.2) is 9.97 Å². The molecular formula is C13H16N4. The second kappa shape index (κ2) is 4.82. The number of nitrogen functional groups attached to an aromatic ring is 1. The summed E-state index contributed by atoms with van der Waals surface area (Å²) in [6.07, 6.45) is 5.44. The summed E-state index contributed by atoms with van der Waals surface area (Å²) in [5, 5.41) is 3.22. The lowest BCUT2D eigenvalue weighted by Gasteiger charge is -2.10. The Kier molecular flexibility index (Phi) is 3.23. The normalized spacial score (nSPS) is 10.2. The number of nitrogens with one attached hydrogen (secondary N) is 1. The molecule has 0 fully saturated rings. The van der Waals surface area contributed by atoms with Crippen LogP contribution in [0.5, 0.6) is 0 Å². The molecular weight excluding hydrogens is 212 g/mol. The zero-order valence-electron chi connectivity index (χ0n) is 10.1. The van der Waals surface area contributed by atoms with Crippen molar-refractivity contribution in [3.63, 3.8) is 0 Å². The summed E-state index contributed by atoms with van der Waals surface area (Å²) in [5.41, 5.74) is 9.97. The van der Waals surface area contributed by atoms with E-state index in [9.17, 15) is 0 Å². The monoisotopic (exact) mass is 228 g/mol. The van der Waals surface area contributed by atoms with E-state index in [1.807, 2.05) is 25.3 Å². The van der Waals surface area contributed by atoms with Gasteiger partial charge >= 0.3 is 0 Å². The molecule has 0 aromatic carbocycles. The molecule has 0 spiro atoms. The maximum atomic E-state index is 5.88. The third kappa shape index (κ3) is 2.72. The minimum absolute atomic E-state index is 0.673. The maximum absolute atomic E-state index is 5.88. The van der Waals surface area contributed by atoms with Crippen LogP contribution in [0.3, 0.4) is 0 Å². The van der Waals surface area contributed by atoms with Crippen molar-refractivity contribution < 1.29 is 0 Å². The molecule has 0 atom stereocenters. The SMILES string of the molecule is Cc1cnc(NCc2cnccc2C)c(N)c1. The number of aryl methyl sites for hydroxylation is 2. The van der Waals surface area contributed by atoms with Gasteiger partial charge in [-0.2, -0.15) is 0 Å². The Hall–Kier alpha value is -2.10. The van der Waals surface area contributed by atoms with Crippen LogP contribution in [0.15, 0.2) is 30.7 Å².